The van der Waals surface area contributed by atoms with E-state index in [0.29, 0.717) is 0 Å². The Labute approximate surface area is 80.6 Å². The van der Waals surface area contributed by atoms with Crippen molar-refractivity contribution in [2.24, 2.45) is 0 Å². The zero-order valence-electron chi connectivity index (χ0n) is 6.98. The third-order valence-corrected chi connectivity index (χ3v) is 1.77. The molecule has 0 saturated heterocycles. The summed E-state index contributed by atoms with van der Waals surface area (Å²) in [7, 11) is 0. The minimum Gasteiger partial charge on any atom is -0.258 e. The van der Waals surface area contributed by atoms with Gasteiger partial charge in [-0.05, 0) is 10.3 Å². The Hall–Kier alpha value is -2.58. The minimum absolute atomic E-state index is 0.228. The molecule has 0 radical (unpaired) electrons. The lowest BCUT2D eigenvalue weighted by atomic mass is 10.2. The van der Waals surface area contributed by atoms with Crippen molar-refractivity contribution in [3.8, 4) is 0 Å². The molecule has 0 atom stereocenters. The number of nitro benzene ring substituents is 2. The Morgan fingerprint density at radius 2 is 1.40 bits per heavy atom. The smallest absolute Gasteiger partial charge is 0.258 e. The van der Waals surface area contributed by atoms with Crippen LogP contribution in [0.2, 0.25) is 0 Å². The summed E-state index contributed by atoms with van der Waals surface area (Å²) in [5, 5.41) is 27.5. The van der Waals surface area contributed by atoms with Crippen LogP contribution in [0.5, 0.6) is 0 Å². The molecule has 0 spiro atoms. The van der Waals surface area contributed by atoms with Gasteiger partial charge in [0.2, 0.25) is 11.0 Å². The SMILES string of the molecule is O=[N+]([O-])c1ccc([N+](=O)[O-])c2nonc12. The van der Waals surface area contributed by atoms with Gasteiger partial charge in [0.15, 0.2) is 0 Å². The molecule has 76 valence electrons. The minimum atomic E-state index is -0.712. The van der Waals surface area contributed by atoms with E-state index in [2.05, 4.69) is 14.9 Å². The van der Waals surface area contributed by atoms with E-state index in [9.17, 15) is 20.2 Å². The van der Waals surface area contributed by atoms with E-state index in [1.807, 2.05) is 0 Å². The second kappa shape index (κ2) is 2.97. The molecular weight excluding hydrogens is 208 g/mol. The van der Waals surface area contributed by atoms with E-state index < -0.39 is 9.85 Å². The van der Waals surface area contributed by atoms with Crippen molar-refractivity contribution in [3.63, 3.8) is 0 Å². The number of fused-ring (bicyclic) bond motifs is 1. The molecule has 9 heteroatoms. The van der Waals surface area contributed by atoms with Gasteiger partial charge in [0.25, 0.3) is 0 Å². The molecule has 9 nitrogen and oxygen atoms in total. The van der Waals surface area contributed by atoms with E-state index in [-0.39, 0.29) is 22.4 Å². The van der Waals surface area contributed by atoms with E-state index in [1.165, 1.54) is 0 Å². The van der Waals surface area contributed by atoms with Gasteiger partial charge >= 0.3 is 11.4 Å². The summed E-state index contributed by atoms with van der Waals surface area (Å²) in [6.45, 7) is 0. The van der Waals surface area contributed by atoms with Crippen LogP contribution in [0.4, 0.5) is 11.4 Å². The second-order valence-electron chi connectivity index (χ2n) is 2.58. The molecule has 0 amide bonds. The van der Waals surface area contributed by atoms with Crippen LogP contribution in [0.25, 0.3) is 11.0 Å². The summed E-state index contributed by atoms with van der Waals surface area (Å²) in [6.07, 6.45) is 0. The highest BCUT2D eigenvalue weighted by Gasteiger charge is 2.24. The van der Waals surface area contributed by atoms with Crippen molar-refractivity contribution in [2.75, 3.05) is 0 Å². The highest BCUT2D eigenvalue weighted by atomic mass is 16.6. The number of hydrogen-bond acceptors (Lipinski definition) is 7. The largest absolute Gasteiger partial charge is 0.301 e. The maximum absolute atomic E-state index is 10.5. The molecule has 2 rings (SSSR count). The molecule has 0 unspecified atom stereocenters. The molecule has 1 heterocycles. The molecule has 2 aromatic rings. The zero-order valence-corrected chi connectivity index (χ0v) is 6.98. The molecular formula is C6H2N4O5. The maximum Gasteiger partial charge on any atom is 0.301 e. The summed E-state index contributed by atoms with van der Waals surface area (Å²) in [4.78, 5) is 19.6. The van der Waals surface area contributed by atoms with Crippen molar-refractivity contribution < 1.29 is 14.5 Å². The van der Waals surface area contributed by atoms with Gasteiger partial charge < -0.3 is 0 Å². The van der Waals surface area contributed by atoms with Crippen LogP contribution in [0.3, 0.4) is 0 Å². The average molecular weight is 210 g/mol. The van der Waals surface area contributed by atoms with Gasteiger partial charge in [0.1, 0.15) is 0 Å². The lowest BCUT2D eigenvalue weighted by molar-refractivity contribution is -0.386. The summed E-state index contributed by atoms with van der Waals surface area (Å²) in [5.41, 5.74) is -1.21. The Kier molecular flexibility index (Phi) is 1.78. The van der Waals surface area contributed by atoms with Gasteiger partial charge in [0, 0.05) is 12.1 Å². The van der Waals surface area contributed by atoms with Gasteiger partial charge in [-0.25, -0.2) is 4.63 Å². The van der Waals surface area contributed by atoms with Crippen molar-refractivity contribution in [1.29, 1.82) is 0 Å². The first-order chi connectivity index (χ1) is 7.11. The molecule has 0 N–H and O–H groups in total. The molecule has 0 aliphatic heterocycles. The highest BCUT2D eigenvalue weighted by molar-refractivity contribution is 5.90. The number of hydrogen-bond donors (Lipinski definition) is 0. The van der Waals surface area contributed by atoms with Crippen molar-refractivity contribution in [3.05, 3.63) is 32.4 Å². The number of nitrogens with zero attached hydrogens (tertiary/aromatic N) is 4. The predicted molar refractivity (Wildman–Crippen MR) is 45.1 cm³/mol. The van der Waals surface area contributed by atoms with Crippen LogP contribution in [-0.2, 0) is 0 Å². The van der Waals surface area contributed by atoms with Crippen LogP contribution in [0.15, 0.2) is 16.8 Å². The maximum atomic E-state index is 10.5. The lowest BCUT2D eigenvalue weighted by Gasteiger charge is -1.91. The number of benzene rings is 1. The third-order valence-electron chi connectivity index (χ3n) is 1.77. The lowest BCUT2D eigenvalue weighted by Crippen LogP contribution is -1.93. The topological polar surface area (TPSA) is 125 Å². The first-order valence-corrected chi connectivity index (χ1v) is 3.65. The predicted octanol–water partition coefficient (Wildman–Crippen LogP) is 1.04. The van der Waals surface area contributed by atoms with Gasteiger partial charge in [-0.15, -0.1) is 0 Å². The fourth-order valence-electron chi connectivity index (χ4n) is 1.14. The van der Waals surface area contributed by atoms with Crippen molar-refractivity contribution in [2.45, 2.75) is 0 Å². The Balaban J connectivity index is 2.82. The molecule has 0 saturated carbocycles. The number of rotatable bonds is 2. The molecule has 1 aromatic heterocycles. The highest BCUT2D eigenvalue weighted by Crippen LogP contribution is 2.29. The van der Waals surface area contributed by atoms with Gasteiger partial charge in [-0.2, -0.15) is 0 Å². The molecule has 0 bridgehead atoms. The average Bonchev–Trinajstić information content (AvgIpc) is 2.63. The normalized spacial score (nSPS) is 10.4. The van der Waals surface area contributed by atoms with E-state index in [1.54, 1.807) is 0 Å². The van der Waals surface area contributed by atoms with Crippen molar-refractivity contribution in [1.82, 2.24) is 10.3 Å². The summed E-state index contributed by atoms with van der Waals surface area (Å²) >= 11 is 0. The molecule has 0 aliphatic carbocycles. The fourth-order valence-corrected chi connectivity index (χ4v) is 1.14. The molecule has 15 heavy (non-hydrogen) atoms. The quantitative estimate of drug-likeness (QED) is 0.535. The Morgan fingerprint density at radius 1 is 1.00 bits per heavy atom. The molecule has 1 aromatic carbocycles. The summed E-state index contributed by atoms with van der Waals surface area (Å²) in [6, 6.07) is 1.98. The fraction of sp³-hybridized carbons (Fsp3) is 0. The van der Waals surface area contributed by atoms with Crippen LogP contribution in [0.1, 0.15) is 0 Å². The van der Waals surface area contributed by atoms with Crippen LogP contribution in [0, 0.1) is 20.2 Å². The first kappa shape index (κ1) is 8.99. The van der Waals surface area contributed by atoms with Crippen LogP contribution in [-0.4, -0.2) is 20.2 Å². The number of nitro groups is 2. The van der Waals surface area contributed by atoms with Gasteiger partial charge in [0.05, 0.1) is 9.85 Å². The van der Waals surface area contributed by atoms with E-state index in [4.69, 9.17) is 0 Å². The van der Waals surface area contributed by atoms with E-state index >= 15 is 0 Å². The Morgan fingerprint density at radius 3 is 1.73 bits per heavy atom. The summed E-state index contributed by atoms with van der Waals surface area (Å²) in [5.74, 6) is 0. The Bertz CT molecular complexity index is 514. The van der Waals surface area contributed by atoms with Gasteiger partial charge in [-0.1, -0.05) is 0 Å². The monoisotopic (exact) mass is 210 g/mol. The van der Waals surface area contributed by atoms with E-state index in [0.717, 1.165) is 12.1 Å². The van der Waals surface area contributed by atoms with Crippen LogP contribution >= 0.6 is 0 Å². The summed E-state index contributed by atoms with van der Waals surface area (Å²) < 4.78 is 4.24. The van der Waals surface area contributed by atoms with Crippen LogP contribution < -0.4 is 0 Å². The molecule has 0 aliphatic rings. The standard InChI is InChI=1S/C6H2N4O5/c11-9(12)3-1-2-4(10(13)14)6-5(3)7-15-8-6/h1-2H. The van der Waals surface area contributed by atoms with Crippen molar-refractivity contribution >= 4 is 22.4 Å². The molecule has 0 fully saturated rings. The number of non-ortho nitro benzene ring substituents is 2. The first-order valence-electron chi connectivity index (χ1n) is 3.65. The second-order valence-corrected chi connectivity index (χ2v) is 2.58. The number of aromatic nitrogens is 2. The third kappa shape index (κ3) is 1.25. The van der Waals surface area contributed by atoms with Gasteiger partial charge in [-0.3, -0.25) is 20.2 Å². The zero-order chi connectivity index (χ0) is 11.0.